The molecule has 1 aromatic heterocycles. The molecule has 4 amide bonds. The lowest BCUT2D eigenvalue weighted by molar-refractivity contribution is -0.142. The van der Waals surface area contributed by atoms with Crippen LogP contribution in [0.5, 0.6) is 17.4 Å². The third kappa shape index (κ3) is 8.36. The number of sulfonamides is 1. The summed E-state index contributed by atoms with van der Waals surface area (Å²) in [5.74, 6) is -10.8. The number of fused-ring (bicyclic) bond motifs is 3. The molecule has 3 N–H and O–H groups in total. The van der Waals surface area contributed by atoms with Gasteiger partial charge in [0, 0.05) is 29.9 Å². The number of benzene rings is 2. The molecule has 7 atom stereocenters. The maximum atomic E-state index is 15.1. The molecular formula is C42H46F5N5O9S. The number of alkyl halides is 1. The average molecular weight is 892 g/mol. The number of nitrogens with one attached hydrogen (secondary N) is 3. The van der Waals surface area contributed by atoms with E-state index in [-0.39, 0.29) is 60.9 Å². The highest BCUT2D eigenvalue weighted by Gasteiger charge is 2.64. The van der Waals surface area contributed by atoms with Gasteiger partial charge in [-0.15, -0.1) is 0 Å². The van der Waals surface area contributed by atoms with Crippen molar-refractivity contribution < 1.29 is 63.8 Å². The molecule has 2 saturated carbocycles. The molecule has 4 aliphatic rings. The van der Waals surface area contributed by atoms with E-state index in [0.29, 0.717) is 36.8 Å². The standard InChI is InChI=1S/C42H46F5N5O9S/c1-21-7-5-6-8-23-17-42(23,40(56)51-62(57,58)41(20-43)9-10-41)50-36(53)31-14-25(61-38-27-15-28(45)32(59-3)16-26(27)33(60-4)18-48-38)19-52(31)39(55)35(22(2)11-21)49-37(54)34-29(46)12-24(44)13-30(34)47/h6,8,12-13,15-16,18,21-23,25,31,35H,5,7,9-11,14,17,19-20H2,1-4H3,(H,49,54)(H,50,53)(H,51,56)/t21-,22-,23-,25-,31+,35+,42-/m1/s1. The van der Waals surface area contributed by atoms with E-state index in [1.807, 2.05) is 11.6 Å². The molecule has 2 aromatic carbocycles. The van der Waals surface area contributed by atoms with Crippen molar-refractivity contribution in [1.82, 2.24) is 25.2 Å². The summed E-state index contributed by atoms with van der Waals surface area (Å²) in [5, 5.41) is 5.60. The number of amides is 4. The quantitative estimate of drug-likeness (QED) is 0.189. The highest BCUT2D eigenvalue weighted by Crippen LogP contribution is 2.48. The topological polar surface area (TPSA) is 182 Å². The van der Waals surface area contributed by atoms with Crippen LogP contribution >= 0.6 is 0 Å². The first-order valence-corrected chi connectivity index (χ1v) is 21.6. The van der Waals surface area contributed by atoms with Crippen LogP contribution in [0.4, 0.5) is 22.0 Å². The zero-order valence-electron chi connectivity index (χ0n) is 34.2. The number of halogens is 5. The zero-order chi connectivity index (χ0) is 44.9. The minimum absolute atomic E-state index is 0.00260. The largest absolute Gasteiger partial charge is 0.494 e. The number of nitrogens with zero attached hydrogens (tertiary/aromatic N) is 2. The summed E-state index contributed by atoms with van der Waals surface area (Å²) in [4.78, 5) is 62.4. The van der Waals surface area contributed by atoms with Crippen molar-refractivity contribution in [2.24, 2.45) is 17.8 Å². The number of hydrogen-bond donors (Lipinski definition) is 3. The number of carbonyl (C=O) groups is 4. The van der Waals surface area contributed by atoms with Gasteiger partial charge in [-0.2, -0.15) is 0 Å². The number of hydrogen-bond acceptors (Lipinski definition) is 10. The van der Waals surface area contributed by atoms with Crippen molar-refractivity contribution in [2.45, 2.75) is 87.3 Å². The number of pyridine rings is 1. The first-order chi connectivity index (χ1) is 29.4. The number of carbonyl (C=O) groups excluding carboxylic acids is 4. The fourth-order valence-corrected chi connectivity index (χ4v) is 9.91. The highest BCUT2D eigenvalue weighted by atomic mass is 32.2. The van der Waals surface area contributed by atoms with Crippen LogP contribution < -0.4 is 29.6 Å². The Kier molecular flexibility index (Phi) is 12.2. The van der Waals surface area contributed by atoms with Crippen LogP contribution in [0.15, 0.2) is 42.6 Å². The van der Waals surface area contributed by atoms with Crippen LogP contribution in [0.1, 0.15) is 69.2 Å². The predicted octanol–water partition coefficient (Wildman–Crippen LogP) is 4.79. The molecule has 1 saturated heterocycles. The molecule has 3 fully saturated rings. The van der Waals surface area contributed by atoms with E-state index < -0.39 is 109 Å². The van der Waals surface area contributed by atoms with Crippen LogP contribution in [-0.2, 0) is 24.4 Å². The normalized spacial score (nSPS) is 27.2. The van der Waals surface area contributed by atoms with E-state index in [0.717, 1.165) is 11.0 Å². The molecule has 14 nitrogen and oxygen atoms in total. The molecule has 3 aromatic rings. The predicted molar refractivity (Wildman–Crippen MR) is 212 cm³/mol. The van der Waals surface area contributed by atoms with Crippen LogP contribution in [0, 0.1) is 41.0 Å². The highest BCUT2D eigenvalue weighted by molar-refractivity contribution is 7.91. The summed E-state index contributed by atoms with van der Waals surface area (Å²) in [7, 11) is -1.85. The van der Waals surface area contributed by atoms with Gasteiger partial charge in [0.2, 0.25) is 27.7 Å². The first-order valence-electron chi connectivity index (χ1n) is 20.1. The van der Waals surface area contributed by atoms with Gasteiger partial charge in [0.25, 0.3) is 11.8 Å². The lowest BCUT2D eigenvalue weighted by Gasteiger charge is -2.33. The van der Waals surface area contributed by atoms with Crippen molar-refractivity contribution in [3.05, 3.63) is 71.4 Å². The molecule has 3 heterocycles. The summed E-state index contributed by atoms with van der Waals surface area (Å²) < 4.78 is 116. The van der Waals surface area contributed by atoms with Crippen LogP contribution in [0.2, 0.25) is 0 Å². The van der Waals surface area contributed by atoms with E-state index in [1.54, 1.807) is 19.1 Å². The third-order valence-electron chi connectivity index (χ3n) is 12.4. The minimum atomic E-state index is -4.51. The van der Waals surface area contributed by atoms with Gasteiger partial charge in [-0.05, 0) is 62.5 Å². The molecule has 7 rings (SSSR count). The van der Waals surface area contributed by atoms with Gasteiger partial charge in [-0.1, -0.05) is 26.0 Å². The van der Waals surface area contributed by atoms with Crippen molar-refractivity contribution in [1.29, 1.82) is 0 Å². The lowest BCUT2D eigenvalue weighted by atomic mass is 9.87. The molecule has 0 spiro atoms. The van der Waals surface area contributed by atoms with E-state index in [9.17, 15) is 45.2 Å². The summed E-state index contributed by atoms with van der Waals surface area (Å²) in [6, 6.07) is 0.118. The number of rotatable bonds is 10. The summed E-state index contributed by atoms with van der Waals surface area (Å²) in [5.41, 5.74) is -2.96. The first kappa shape index (κ1) is 44.5. The molecule has 20 heteroatoms. The summed E-state index contributed by atoms with van der Waals surface area (Å²) >= 11 is 0. The molecule has 0 unspecified atom stereocenters. The Hall–Kier alpha value is -5.53. The van der Waals surface area contributed by atoms with Gasteiger partial charge in [-0.25, -0.2) is 35.4 Å². The monoisotopic (exact) mass is 891 g/mol. The van der Waals surface area contributed by atoms with E-state index in [4.69, 9.17) is 14.2 Å². The van der Waals surface area contributed by atoms with Crippen molar-refractivity contribution >= 4 is 44.4 Å². The van der Waals surface area contributed by atoms with Crippen molar-refractivity contribution in [3.8, 4) is 17.4 Å². The molecule has 2 aliphatic carbocycles. The number of ether oxygens (including phenoxy) is 3. The number of methoxy groups -OCH3 is 2. The Balaban J connectivity index is 1.27. The maximum Gasteiger partial charge on any atom is 0.259 e. The molecule has 0 bridgehead atoms. The van der Waals surface area contributed by atoms with E-state index >= 15 is 4.39 Å². The van der Waals surface area contributed by atoms with Gasteiger partial charge >= 0.3 is 0 Å². The van der Waals surface area contributed by atoms with Gasteiger partial charge in [0.05, 0.1) is 32.3 Å². The van der Waals surface area contributed by atoms with E-state index in [2.05, 4.69) is 15.6 Å². The molecule has 0 radical (unpaired) electrons. The average Bonchev–Trinajstić information content (AvgIpc) is 4.12. The Morgan fingerprint density at radius 3 is 2.31 bits per heavy atom. The van der Waals surface area contributed by atoms with Gasteiger partial charge in [0.15, 0.2) is 11.6 Å². The van der Waals surface area contributed by atoms with E-state index in [1.165, 1.54) is 26.5 Å². The Morgan fingerprint density at radius 2 is 1.66 bits per heavy atom. The maximum absolute atomic E-state index is 15.1. The molecule has 2 aliphatic heterocycles. The third-order valence-corrected chi connectivity index (χ3v) is 14.5. The Labute approximate surface area is 354 Å². The van der Waals surface area contributed by atoms with Crippen LogP contribution in [0.3, 0.4) is 0 Å². The minimum Gasteiger partial charge on any atom is -0.494 e. The SMILES string of the molecule is COc1cc2c(OC)cnc(O[C@@H]3C[C@H]4C(=O)N[C@]5(C(=O)NS(=O)(=O)C6(CF)CC6)C[C@H]5C=CCC[C@@H](C)C[C@@H](C)[C@H](NC(=O)c5c(F)cc(F)cc5F)C(=O)N4C3)c2cc1F. The summed E-state index contributed by atoms with van der Waals surface area (Å²) in [6.07, 6.45) is 4.72. The molecular weight excluding hydrogens is 846 g/mol. The fourth-order valence-electron chi connectivity index (χ4n) is 8.48. The smallest absolute Gasteiger partial charge is 0.259 e. The second-order valence-electron chi connectivity index (χ2n) is 16.7. The van der Waals surface area contributed by atoms with Gasteiger partial charge in [-0.3, -0.25) is 23.9 Å². The second kappa shape index (κ2) is 17.0. The Morgan fingerprint density at radius 1 is 0.968 bits per heavy atom. The fraction of sp³-hybridized carbons (Fsp3) is 0.500. The lowest BCUT2D eigenvalue weighted by Crippen LogP contribution is -2.59. The van der Waals surface area contributed by atoms with Crippen molar-refractivity contribution in [3.63, 3.8) is 0 Å². The Bertz CT molecular complexity index is 2430. The van der Waals surface area contributed by atoms with Crippen molar-refractivity contribution in [2.75, 3.05) is 27.4 Å². The van der Waals surface area contributed by atoms with Crippen LogP contribution in [0.25, 0.3) is 10.8 Å². The zero-order valence-corrected chi connectivity index (χ0v) is 35.1. The van der Waals surface area contributed by atoms with Gasteiger partial charge < -0.3 is 29.7 Å². The number of aromatic nitrogens is 1. The molecule has 62 heavy (non-hydrogen) atoms. The summed E-state index contributed by atoms with van der Waals surface area (Å²) in [6.45, 7) is 1.95. The molecule has 334 valence electrons. The second-order valence-corrected chi connectivity index (χ2v) is 18.8. The van der Waals surface area contributed by atoms with Crippen LogP contribution in [-0.4, -0.2) is 97.8 Å². The van der Waals surface area contributed by atoms with Gasteiger partial charge in [0.1, 0.15) is 63.9 Å². The number of allylic oxidation sites excluding steroid dienone is 1.